The lowest BCUT2D eigenvalue weighted by molar-refractivity contribution is -0.139. The molecule has 0 heterocycles. The summed E-state index contributed by atoms with van der Waals surface area (Å²) in [6.07, 6.45) is 2.13. The molecule has 104 valence electrons. The van der Waals surface area contributed by atoms with Crippen molar-refractivity contribution in [2.24, 2.45) is 0 Å². The number of hydrogen-bond acceptors (Lipinski definition) is 3. The Hall–Kier alpha value is -1.08. The number of benzene rings is 1. The quantitative estimate of drug-likeness (QED) is 0.828. The highest BCUT2D eigenvalue weighted by Crippen LogP contribution is 2.18. The van der Waals surface area contributed by atoms with Crippen LogP contribution in [0.5, 0.6) is 0 Å². The van der Waals surface area contributed by atoms with Gasteiger partial charge in [-0.3, -0.25) is 4.79 Å². The highest BCUT2D eigenvalue weighted by Gasteiger charge is 2.22. The van der Waals surface area contributed by atoms with Gasteiger partial charge in [-0.2, -0.15) is 11.8 Å². The summed E-state index contributed by atoms with van der Waals surface area (Å²) in [5.41, 5.74) is -0.176. The van der Waals surface area contributed by atoms with E-state index < -0.39 is 23.7 Å². The van der Waals surface area contributed by atoms with Crippen molar-refractivity contribution in [2.45, 2.75) is 12.5 Å². The smallest absolute Gasteiger partial charge is 0.326 e. The Morgan fingerprint density at radius 3 is 2.79 bits per heavy atom. The number of aliphatic carboxylic acids is 1. The third-order valence-electron chi connectivity index (χ3n) is 2.41. The molecule has 0 aliphatic rings. The normalized spacial score (nSPS) is 11.9. The van der Waals surface area contributed by atoms with E-state index in [1.807, 2.05) is 6.26 Å². The average Bonchev–Trinajstić information content (AvgIpc) is 2.37. The number of hydrogen-bond donors (Lipinski definition) is 2. The molecule has 0 aliphatic heterocycles. The van der Waals surface area contributed by atoms with Gasteiger partial charge in [0.25, 0.3) is 5.91 Å². The Labute approximate surface area is 122 Å². The molecule has 1 rings (SSSR count). The van der Waals surface area contributed by atoms with E-state index in [4.69, 9.17) is 5.11 Å². The predicted molar refractivity (Wildman–Crippen MR) is 76.0 cm³/mol. The molecule has 0 saturated carbocycles. The van der Waals surface area contributed by atoms with Crippen molar-refractivity contribution in [1.82, 2.24) is 5.32 Å². The molecule has 1 atom stereocenters. The zero-order valence-corrected chi connectivity index (χ0v) is 12.6. The van der Waals surface area contributed by atoms with Crippen LogP contribution in [0, 0.1) is 5.82 Å². The third kappa shape index (κ3) is 4.50. The first kappa shape index (κ1) is 16.0. The maximum atomic E-state index is 13.7. The topological polar surface area (TPSA) is 66.4 Å². The van der Waals surface area contributed by atoms with Crippen molar-refractivity contribution in [3.63, 3.8) is 0 Å². The van der Waals surface area contributed by atoms with Crippen molar-refractivity contribution in [3.8, 4) is 0 Å². The van der Waals surface area contributed by atoms with Gasteiger partial charge < -0.3 is 10.4 Å². The number of amides is 1. The van der Waals surface area contributed by atoms with Crippen molar-refractivity contribution in [3.05, 3.63) is 34.1 Å². The summed E-state index contributed by atoms with van der Waals surface area (Å²) in [7, 11) is 0. The van der Waals surface area contributed by atoms with Gasteiger partial charge in [0.1, 0.15) is 11.9 Å². The summed E-state index contributed by atoms with van der Waals surface area (Å²) in [6.45, 7) is 0. The second kappa shape index (κ2) is 7.49. The maximum Gasteiger partial charge on any atom is 0.326 e. The summed E-state index contributed by atoms with van der Waals surface area (Å²) < 4.78 is 13.9. The zero-order chi connectivity index (χ0) is 14.4. The number of thioether (sulfide) groups is 1. The first-order chi connectivity index (χ1) is 8.97. The summed E-state index contributed by atoms with van der Waals surface area (Å²) in [4.78, 5) is 22.9. The molecule has 0 aromatic heterocycles. The Morgan fingerprint density at radius 2 is 2.21 bits per heavy atom. The minimum Gasteiger partial charge on any atom is -0.480 e. The number of rotatable bonds is 6. The number of carboxylic acids is 1. The Bertz CT molecular complexity index is 484. The van der Waals surface area contributed by atoms with Crippen LogP contribution in [0.2, 0.25) is 0 Å². The summed E-state index contributed by atoms with van der Waals surface area (Å²) in [5, 5.41) is 11.3. The lowest BCUT2D eigenvalue weighted by Crippen LogP contribution is -2.41. The van der Waals surface area contributed by atoms with E-state index in [1.165, 1.54) is 30.0 Å². The summed E-state index contributed by atoms with van der Waals surface area (Å²) in [6, 6.07) is 3.27. The molecule has 0 radical (unpaired) electrons. The van der Waals surface area contributed by atoms with Crippen LogP contribution < -0.4 is 5.32 Å². The molecular formula is C12H13BrFNO3S. The van der Waals surface area contributed by atoms with E-state index in [0.29, 0.717) is 5.75 Å². The molecule has 0 aliphatic carbocycles. The van der Waals surface area contributed by atoms with Crippen LogP contribution in [0.3, 0.4) is 0 Å². The van der Waals surface area contributed by atoms with Gasteiger partial charge >= 0.3 is 5.97 Å². The van der Waals surface area contributed by atoms with Gasteiger partial charge in [-0.1, -0.05) is 6.07 Å². The summed E-state index contributed by atoms with van der Waals surface area (Å²) in [5.74, 6) is -1.96. The number of carboxylic acid groups (broad SMARTS) is 1. The fourth-order valence-electron chi connectivity index (χ4n) is 1.41. The lowest BCUT2D eigenvalue weighted by Gasteiger charge is -2.14. The van der Waals surface area contributed by atoms with Crippen molar-refractivity contribution >= 4 is 39.6 Å². The average molecular weight is 350 g/mol. The van der Waals surface area contributed by atoms with Gasteiger partial charge in [-0.05, 0) is 46.5 Å². The number of halogens is 2. The number of carbonyl (C=O) groups is 2. The molecule has 0 bridgehead atoms. The molecule has 7 heteroatoms. The number of carbonyl (C=O) groups excluding carboxylic acids is 1. The molecule has 1 aromatic carbocycles. The van der Waals surface area contributed by atoms with E-state index in [1.54, 1.807) is 0 Å². The largest absolute Gasteiger partial charge is 0.480 e. The van der Waals surface area contributed by atoms with E-state index in [2.05, 4.69) is 21.2 Å². The zero-order valence-electron chi connectivity index (χ0n) is 10.2. The van der Waals surface area contributed by atoms with Gasteiger partial charge in [0.2, 0.25) is 0 Å². The molecular weight excluding hydrogens is 337 g/mol. The van der Waals surface area contributed by atoms with Crippen LogP contribution >= 0.6 is 27.7 Å². The monoisotopic (exact) mass is 349 g/mol. The highest BCUT2D eigenvalue weighted by molar-refractivity contribution is 9.10. The molecule has 0 saturated heterocycles. The van der Waals surface area contributed by atoms with Crippen LogP contribution in [-0.2, 0) is 4.79 Å². The van der Waals surface area contributed by atoms with Crippen LogP contribution in [0.4, 0.5) is 4.39 Å². The van der Waals surface area contributed by atoms with Crippen LogP contribution in [0.1, 0.15) is 16.8 Å². The lowest BCUT2D eigenvalue weighted by atomic mass is 10.1. The van der Waals surface area contributed by atoms with Crippen molar-refractivity contribution in [2.75, 3.05) is 12.0 Å². The van der Waals surface area contributed by atoms with E-state index >= 15 is 0 Å². The van der Waals surface area contributed by atoms with Gasteiger partial charge in [0, 0.05) is 0 Å². The van der Waals surface area contributed by atoms with Crippen LogP contribution in [0.25, 0.3) is 0 Å². The van der Waals surface area contributed by atoms with Gasteiger partial charge in [0.05, 0.1) is 10.0 Å². The Morgan fingerprint density at radius 1 is 1.53 bits per heavy atom. The SMILES string of the molecule is CSCCC(NC(=O)c1cccc(Br)c1F)C(=O)O. The van der Waals surface area contributed by atoms with Crippen LogP contribution in [0.15, 0.2) is 22.7 Å². The van der Waals surface area contributed by atoms with Crippen LogP contribution in [-0.4, -0.2) is 35.0 Å². The molecule has 1 amide bonds. The summed E-state index contributed by atoms with van der Waals surface area (Å²) >= 11 is 4.46. The van der Waals surface area contributed by atoms with Gasteiger partial charge in [-0.25, -0.2) is 9.18 Å². The minimum absolute atomic E-state index is 0.163. The molecule has 4 nitrogen and oxygen atoms in total. The highest BCUT2D eigenvalue weighted by atomic mass is 79.9. The predicted octanol–water partition coefficient (Wildman–Crippen LogP) is 2.52. The third-order valence-corrected chi connectivity index (χ3v) is 3.67. The molecule has 0 fully saturated rings. The second-order valence-electron chi connectivity index (χ2n) is 3.75. The first-order valence-corrected chi connectivity index (χ1v) is 7.62. The number of nitrogens with one attached hydrogen (secondary N) is 1. The van der Waals surface area contributed by atoms with Crippen molar-refractivity contribution < 1.29 is 19.1 Å². The van der Waals surface area contributed by atoms with Gasteiger partial charge in [-0.15, -0.1) is 0 Å². The molecule has 1 unspecified atom stereocenters. The van der Waals surface area contributed by atoms with E-state index in [0.717, 1.165) is 0 Å². The molecule has 19 heavy (non-hydrogen) atoms. The molecule has 2 N–H and O–H groups in total. The first-order valence-electron chi connectivity index (χ1n) is 5.44. The van der Waals surface area contributed by atoms with Gasteiger partial charge in [0.15, 0.2) is 0 Å². The minimum atomic E-state index is -1.13. The maximum absolute atomic E-state index is 13.7. The van der Waals surface area contributed by atoms with E-state index in [9.17, 15) is 14.0 Å². The fourth-order valence-corrected chi connectivity index (χ4v) is 2.25. The molecule has 1 aromatic rings. The fraction of sp³-hybridized carbons (Fsp3) is 0.333. The Kier molecular flexibility index (Phi) is 6.30. The van der Waals surface area contributed by atoms with E-state index in [-0.39, 0.29) is 16.5 Å². The molecule has 0 spiro atoms. The van der Waals surface area contributed by atoms with Crippen molar-refractivity contribution in [1.29, 1.82) is 0 Å². The second-order valence-corrected chi connectivity index (χ2v) is 5.59. The standard InChI is InChI=1S/C12H13BrFNO3S/c1-19-6-5-9(12(17)18)15-11(16)7-3-2-4-8(13)10(7)14/h2-4,9H,5-6H2,1H3,(H,15,16)(H,17,18). The Balaban J connectivity index is 2.82.